The number of nitrogens with zero attached hydrogens (tertiary/aromatic N) is 2. The van der Waals surface area contributed by atoms with Crippen molar-refractivity contribution < 1.29 is 4.79 Å². The van der Waals surface area contributed by atoms with E-state index in [2.05, 4.69) is 63.8 Å². The number of carbonyl (C=O) groups is 1. The molecule has 146 valence electrons. The van der Waals surface area contributed by atoms with Crippen LogP contribution in [0.5, 0.6) is 0 Å². The number of benzene rings is 1. The first kappa shape index (κ1) is 18.9. The lowest BCUT2D eigenvalue weighted by Crippen LogP contribution is -2.39. The lowest BCUT2D eigenvalue weighted by atomic mass is 9.89. The molecule has 1 aromatic carbocycles. The van der Waals surface area contributed by atoms with Crippen LogP contribution in [0.3, 0.4) is 0 Å². The van der Waals surface area contributed by atoms with Crippen molar-refractivity contribution in [3.05, 3.63) is 64.1 Å². The molecule has 0 spiro atoms. The van der Waals surface area contributed by atoms with Crippen LogP contribution in [0.1, 0.15) is 47.7 Å². The zero-order valence-corrected chi connectivity index (χ0v) is 17.2. The van der Waals surface area contributed by atoms with E-state index in [1.165, 1.54) is 27.3 Å². The predicted molar refractivity (Wildman–Crippen MR) is 115 cm³/mol. The number of piperidine rings is 1. The van der Waals surface area contributed by atoms with Gasteiger partial charge in [0.05, 0.1) is 6.20 Å². The fraction of sp³-hybridized carbons (Fsp3) is 0.391. The summed E-state index contributed by atoms with van der Waals surface area (Å²) in [7, 11) is 0. The van der Waals surface area contributed by atoms with Crippen LogP contribution in [0.2, 0.25) is 0 Å². The van der Waals surface area contributed by atoms with E-state index in [1.54, 1.807) is 11.3 Å². The normalized spacial score (nSPS) is 17.0. The quantitative estimate of drug-likeness (QED) is 0.628. The number of hydrogen-bond donors (Lipinski definition) is 1. The summed E-state index contributed by atoms with van der Waals surface area (Å²) in [6.45, 7) is 3.80. The van der Waals surface area contributed by atoms with E-state index >= 15 is 0 Å². The Kier molecular flexibility index (Phi) is 5.91. The molecule has 0 radical (unpaired) electrons. The monoisotopic (exact) mass is 393 g/mol. The van der Waals surface area contributed by atoms with Gasteiger partial charge >= 0.3 is 0 Å². The van der Waals surface area contributed by atoms with Gasteiger partial charge in [-0.2, -0.15) is 5.10 Å². The molecule has 1 atom stereocenters. The van der Waals surface area contributed by atoms with E-state index in [0.29, 0.717) is 18.2 Å². The molecule has 1 aliphatic rings. The molecule has 1 fully saturated rings. The molecule has 0 saturated carbocycles. The molecule has 1 amide bonds. The van der Waals surface area contributed by atoms with Crippen molar-refractivity contribution in [3.63, 3.8) is 0 Å². The minimum Gasteiger partial charge on any atom is -0.342 e. The standard InChI is InChI=1S/C23H27N3OS/c1-17-7-2-3-11-20(17)21-15-24-25-23(21)18-8-5-13-26(16-18)22(27)12-4-9-19-10-6-14-28-19/h2-3,6-7,10-11,14-15,18H,4-5,8-9,12-13,16H2,1H3,(H,24,25)/t18-/m0/s1. The van der Waals surface area contributed by atoms with Gasteiger partial charge in [-0.15, -0.1) is 11.3 Å². The van der Waals surface area contributed by atoms with Crippen LogP contribution in [-0.2, 0) is 11.2 Å². The molecule has 3 aromatic rings. The molecule has 1 aliphatic heterocycles. The number of aromatic nitrogens is 2. The van der Waals surface area contributed by atoms with E-state index in [1.807, 2.05) is 6.20 Å². The summed E-state index contributed by atoms with van der Waals surface area (Å²) >= 11 is 1.77. The number of aromatic amines is 1. The van der Waals surface area contributed by atoms with Crippen LogP contribution in [0.25, 0.3) is 11.1 Å². The fourth-order valence-corrected chi connectivity index (χ4v) is 4.91. The minimum absolute atomic E-state index is 0.290. The van der Waals surface area contributed by atoms with Gasteiger partial charge in [-0.25, -0.2) is 0 Å². The lowest BCUT2D eigenvalue weighted by Gasteiger charge is -2.33. The van der Waals surface area contributed by atoms with Crippen molar-refractivity contribution in [2.45, 2.75) is 44.9 Å². The fourth-order valence-electron chi connectivity index (χ4n) is 4.16. The van der Waals surface area contributed by atoms with E-state index in [4.69, 9.17) is 0 Å². The maximum Gasteiger partial charge on any atom is 0.222 e. The molecule has 0 aliphatic carbocycles. The second-order valence-corrected chi connectivity index (χ2v) is 8.66. The number of aryl methyl sites for hydroxylation is 2. The Morgan fingerprint density at radius 1 is 1.25 bits per heavy atom. The Morgan fingerprint density at radius 2 is 2.14 bits per heavy atom. The molecule has 28 heavy (non-hydrogen) atoms. The number of likely N-dealkylation sites (tertiary alicyclic amines) is 1. The summed E-state index contributed by atoms with van der Waals surface area (Å²) in [6, 6.07) is 12.7. The van der Waals surface area contributed by atoms with Crippen LogP contribution in [0.15, 0.2) is 48.0 Å². The van der Waals surface area contributed by atoms with Gasteiger partial charge in [-0.05, 0) is 55.2 Å². The van der Waals surface area contributed by atoms with Gasteiger partial charge < -0.3 is 4.90 Å². The van der Waals surface area contributed by atoms with E-state index in [-0.39, 0.29) is 0 Å². The first-order valence-electron chi connectivity index (χ1n) is 10.1. The van der Waals surface area contributed by atoms with Crippen LogP contribution in [0.4, 0.5) is 0 Å². The summed E-state index contributed by atoms with van der Waals surface area (Å²) in [5, 5.41) is 9.67. The molecule has 5 heteroatoms. The molecule has 3 heterocycles. The Hall–Kier alpha value is -2.40. The van der Waals surface area contributed by atoms with Crippen LogP contribution in [-0.4, -0.2) is 34.1 Å². The number of carbonyl (C=O) groups excluding carboxylic acids is 1. The van der Waals surface area contributed by atoms with Crippen LogP contribution in [0, 0.1) is 6.92 Å². The molecular formula is C23H27N3OS. The first-order valence-corrected chi connectivity index (χ1v) is 11.0. The minimum atomic E-state index is 0.290. The zero-order chi connectivity index (χ0) is 19.3. The molecule has 2 aromatic heterocycles. The molecule has 4 rings (SSSR count). The first-order chi connectivity index (χ1) is 13.7. The van der Waals surface area contributed by atoms with Gasteiger partial charge in [0.25, 0.3) is 0 Å². The third kappa shape index (κ3) is 4.20. The highest BCUT2D eigenvalue weighted by Crippen LogP contribution is 2.34. The molecule has 1 saturated heterocycles. The second kappa shape index (κ2) is 8.74. The van der Waals surface area contributed by atoms with Crippen molar-refractivity contribution >= 4 is 17.2 Å². The Morgan fingerprint density at radius 3 is 2.96 bits per heavy atom. The summed E-state index contributed by atoms with van der Waals surface area (Å²) in [6.07, 6.45) is 6.64. The number of thiophene rings is 1. The molecule has 0 bridgehead atoms. The average Bonchev–Trinajstić information content (AvgIpc) is 3.40. The highest BCUT2D eigenvalue weighted by atomic mass is 32.1. The zero-order valence-electron chi connectivity index (χ0n) is 16.4. The van der Waals surface area contributed by atoms with Crippen LogP contribution >= 0.6 is 11.3 Å². The van der Waals surface area contributed by atoms with Crippen molar-refractivity contribution in [2.75, 3.05) is 13.1 Å². The summed E-state index contributed by atoms with van der Waals surface area (Å²) < 4.78 is 0. The predicted octanol–water partition coefficient (Wildman–Crippen LogP) is 5.18. The van der Waals surface area contributed by atoms with E-state index < -0.39 is 0 Å². The Bertz CT molecular complexity index is 916. The third-order valence-electron chi connectivity index (χ3n) is 5.68. The van der Waals surface area contributed by atoms with Crippen molar-refractivity contribution in [3.8, 4) is 11.1 Å². The van der Waals surface area contributed by atoms with Crippen molar-refractivity contribution in [1.29, 1.82) is 0 Å². The number of hydrogen-bond acceptors (Lipinski definition) is 3. The highest BCUT2D eigenvalue weighted by molar-refractivity contribution is 7.09. The average molecular weight is 394 g/mol. The van der Waals surface area contributed by atoms with Crippen LogP contribution < -0.4 is 0 Å². The summed E-state index contributed by atoms with van der Waals surface area (Å²) in [5.41, 5.74) is 4.83. The van der Waals surface area contributed by atoms with Crippen molar-refractivity contribution in [2.24, 2.45) is 0 Å². The molecule has 1 N–H and O–H groups in total. The van der Waals surface area contributed by atoms with Gasteiger partial charge in [0.1, 0.15) is 0 Å². The number of rotatable bonds is 6. The van der Waals surface area contributed by atoms with Gasteiger partial charge in [-0.1, -0.05) is 30.3 Å². The van der Waals surface area contributed by atoms with Gasteiger partial charge in [-0.3, -0.25) is 9.89 Å². The molecular weight excluding hydrogens is 366 g/mol. The summed E-state index contributed by atoms with van der Waals surface area (Å²) in [4.78, 5) is 16.2. The third-order valence-corrected chi connectivity index (χ3v) is 6.62. The number of H-pyrrole nitrogens is 1. The van der Waals surface area contributed by atoms with Gasteiger partial charge in [0, 0.05) is 41.6 Å². The van der Waals surface area contributed by atoms with Gasteiger partial charge in [0.2, 0.25) is 5.91 Å². The maximum atomic E-state index is 12.8. The number of amides is 1. The summed E-state index contributed by atoms with van der Waals surface area (Å²) in [5.74, 6) is 0.616. The SMILES string of the molecule is Cc1ccccc1-c1cn[nH]c1[C@H]1CCCN(C(=O)CCCc2cccs2)C1. The van der Waals surface area contributed by atoms with E-state index in [0.717, 1.165) is 38.8 Å². The maximum absolute atomic E-state index is 12.8. The van der Waals surface area contributed by atoms with E-state index in [9.17, 15) is 4.79 Å². The highest BCUT2D eigenvalue weighted by Gasteiger charge is 2.27. The Labute approximate surface area is 170 Å². The molecule has 0 unspecified atom stereocenters. The second-order valence-electron chi connectivity index (χ2n) is 7.62. The van der Waals surface area contributed by atoms with Gasteiger partial charge in [0.15, 0.2) is 0 Å². The number of nitrogens with one attached hydrogen (secondary N) is 1. The molecule has 4 nitrogen and oxygen atoms in total. The lowest BCUT2D eigenvalue weighted by molar-refractivity contribution is -0.132. The van der Waals surface area contributed by atoms with Crippen molar-refractivity contribution in [1.82, 2.24) is 15.1 Å². The largest absolute Gasteiger partial charge is 0.342 e. The smallest absolute Gasteiger partial charge is 0.222 e. The topological polar surface area (TPSA) is 49.0 Å². The Balaban J connectivity index is 1.41.